The van der Waals surface area contributed by atoms with E-state index in [1.54, 1.807) is 0 Å². The lowest BCUT2D eigenvalue weighted by Crippen LogP contribution is -2.26. The van der Waals surface area contributed by atoms with Gasteiger partial charge in [0.1, 0.15) is 5.82 Å². The number of nitrogens with two attached hydrogens (primary N) is 1. The van der Waals surface area contributed by atoms with Gasteiger partial charge >= 0.3 is 0 Å². The number of aryl methyl sites for hydroxylation is 1. The molecular formula is C12H21N3. The van der Waals surface area contributed by atoms with Gasteiger partial charge in [-0.25, -0.2) is 4.98 Å². The molecule has 0 radical (unpaired) electrons. The zero-order valence-corrected chi connectivity index (χ0v) is 9.52. The van der Waals surface area contributed by atoms with Crippen molar-refractivity contribution in [3.8, 4) is 0 Å². The summed E-state index contributed by atoms with van der Waals surface area (Å²) in [6.07, 6.45) is 9.94. The summed E-state index contributed by atoms with van der Waals surface area (Å²) in [7, 11) is 0. The summed E-state index contributed by atoms with van der Waals surface area (Å²) in [6, 6.07) is 0.427. The van der Waals surface area contributed by atoms with Crippen molar-refractivity contribution in [3.05, 3.63) is 18.2 Å². The van der Waals surface area contributed by atoms with E-state index in [1.807, 2.05) is 6.20 Å². The summed E-state index contributed by atoms with van der Waals surface area (Å²) < 4.78 is 2.31. The van der Waals surface area contributed by atoms with Crippen LogP contribution in [0.1, 0.15) is 50.8 Å². The molecule has 0 atom stereocenters. The molecule has 0 bridgehead atoms. The van der Waals surface area contributed by atoms with Crippen LogP contribution in [0, 0.1) is 0 Å². The van der Waals surface area contributed by atoms with Gasteiger partial charge in [0.05, 0.1) is 0 Å². The SMILES string of the molecule is CCCn1ccnc1C1CCC(N)CC1. The summed E-state index contributed by atoms with van der Waals surface area (Å²) in [5.41, 5.74) is 5.92. The number of rotatable bonds is 3. The van der Waals surface area contributed by atoms with Crippen LogP contribution in [0.3, 0.4) is 0 Å². The van der Waals surface area contributed by atoms with E-state index in [0.29, 0.717) is 12.0 Å². The molecule has 2 rings (SSSR count). The summed E-state index contributed by atoms with van der Waals surface area (Å²) >= 11 is 0. The first-order chi connectivity index (χ1) is 7.31. The third kappa shape index (κ3) is 2.40. The van der Waals surface area contributed by atoms with Gasteiger partial charge in [0, 0.05) is 30.9 Å². The molecule has 1 aromatic heterocycles. The number of aromatic nitrogens is 2. The molecule has 0 aromatic carbocycles. The average molecular weight is 207 g/mol. The summed E-state index contributed by atoms with van der Waals surface area (Å²) in [5.74, 6) is 1.93. The van der Waals surface area contributed by atoms with E-state index in [2.05, 4.69) is 22.7 Å². The second kappa shape index (κ2) is 4.79. The Bertz CT molecular complexity index is 298. The second-order valence-electron chi connectivity index (χ2n) is 4.59. The van der Waals surface area contributed by atoms with Gasteiger partial charge in [-0.1, -0.05) is 6.92 Å². The lowest BCUT2D eigenvalue weighted by molar-refractivity contribution is 0.375. The number of imidazole rings is 1. The van der Waals surface area contributed by atoms with Crippen LogP contribution in [0.5, 0.6) is 0 Å². The minimum atomic E-state index is 0.427. The maximum absolute atomic E-state index is 5.92. The average Bonchev–Trinajstić information content (AvgIpc) is 2.68. The Morgan fingerprint density at radius 3 is 2.80 bits per heavy atom. The van der Waals surface area contributed by atoms with Crippen molar-refractivity contribution in [1.29, 1.82) is 0 Å². The van der Waals surface area contributed by atoms with E-state index in [4.69, 9.17) is 5.73 Å². The smallest absolute Gasteiger partial charge is 0.111 e. The highest BCUT2D eigenvalue weighted by Crippen LogP contribution is 2.31. The molecule has 3 heteroatoms. The Balaban J connectivity index is 2.05. The quantitative estimate of drug-likeness (QED) is 0.826. The Labute approximate surface area is 91.7 Å². The van der Waals surface area contributed by atoms with Crippen molar-refractivity contribution in [2.45, 2.75) is 57.5 Å². The van der Waals surface area contributed by atoms with E-state index in [9.17, 15) is 0 Å². The van der Waals surface area contributed by atoms with Crippen LogP contribution in [0.15, 0.2) is 12.4 Å². The first-order valence-electron chi connectivity index (χ1n) is 6.08. The van der Waals surface area contributed by atoms with Gasteiger partial charge in [-0.3, -0.25) is 0 Å². The molecule has 1 saturated carbocycles. The molecule has 3 nitrogen and oxygen atoms in total. The summed E-state index contributed by atoms with van der Waals surface area (Å²) in [4.78, 5) is 4.51. The third-order valence-electron chi connectivity index (χ3n) is 3.35. The molecule has 1 heterocycles. The van der Waals surface area contributed by atoms with Crippen molar-refractivity contribution in [2.24, 2.45) is 5.73 Å². The zero-order chi connectivity index (χ0) is 10.7. The van der Waals surface area contributed by atoms with E-state index in [1.165, 1.54) is 25.1 Å². The standard InChI is InChI=1S/C12H21N3/c1-2-8-15-9-7-14-12(15)10-3-5-11(13)6-4-10/h7,9-11H,2-6,8,13H2,1H3. The van der Waals surface area contributed by atoms with Crippen LogP contribution in [-0.2, 0) is 6.54 Å². The molecule has 1 aliphatic carbocycles. The highest BCUT2D eigenvalue weighted by Gasteiger charge is 2.22. The molecule has 0 spiro atoms. The van der Waals surface area contributed by atoms with Crippen LogP contribution in [0.4, 0.5) is 0 Å². The molecule has 1 fully saturated rings. The molecule has 15 heavy (non-hydrogen) atoms. The van der Waals surface area contributed by atoms with Gasteiger partial charge in [-0.05, 0) is 32.1 Å². The van der Waals surface area contributed by atoms with Crippen molar-refractivity contribution in [1.82, 2.24) is 9.55 Å². The number of hydrogen-bond acceptors (Lipinski definition) is 2. The minimum absolute atomic E-state index is 0.427. The van der Waals surface area contributed by atoms with Crippen molar-refractivity contribution < 1.29 is 0 Å². The van der Waals surface area contributed by atoms with Gasteiger partial charge in [0.15, 0.2) is 0 Å². The monoisotopic (exact) mass is 207 g/mol. The predicted molar refractivity (Wildman–Crippen MR) is 61.7 cm³/mol. The summed E-state index contributed by atoms with van der Waals surface area (Å²) in [6.45, 7) is 3.30. The molecule has 0 aliphatic heterocycles. The van der Waals surface area contributed by atoms with Crippen LogP contribution >= 0.6 is 0 Å². The van der Waals surface area contributed by atoms with E-state index in [-0.39, 0.29) is 0 Å². The molecule has 1 aromatic rings. The second-order valence-corrected chi connectivity index (χ2v) is 4.59. The number of hydrogen-bond donors (Lipinski definition) is 1. The van der Waals surface area contributed by atoms with Crippen LogP contribution < -0.4 is 5.73 Å². The van der Waals surface area contributed by atoms with Gasteiger partial charge in [-0.15, -0.1) is 0 Å². The van der Waals surface area contributed by atoms with E-state index >= 15 is 0 Å². The minimum Gasteiger partial charge on any atom is -0.335 e. The fraction of sp³-hybridized carbons (Fsp3) is 0.750. The maximum Gasteiger partial charge on any atom is 0.111 e. The first-order valence-corrected chi connectivity index (χ1v) is 6.08. The fourth-order valence-electron chi connectivity index (χ4n) is 2.49. The highest BCUT2D eigenvalue weighted by atomic mass is 15.1. The largest absolute Gasteiger partial charge is 0.335 e. The molecule has 0 unspecified atom stereocenters. The van der Waals surface area contributed by atoms with Crippen molar-refractivity contribution in [3.63, 3.8) is 0 Å². The van der Waals surface area contributed by atoms with Crippen LogP contribution in [-0.4, -0.2) is 15.6 Å². The van der Waals surface area contributed by atoms with E-state index in [0.717, 1.165) is 19.4 Å². The topological polar surface area (TPSA) is 43.8 Å². The molecule has 84 valence electrons. The Kier molecular flexibility index (Phi) is 3.41. The fourth-order valence-corrected chi connectivity index (χ4v) is 2.49. The Morgan fingerprint density at radius 2 is 2.13 bits per heavy atom. The Morgan fingerprint density at radius 1 is 1.40 bits per heavy atom. The lowest BCUT2D eigenvalue weighted by Gasteiger charge is -2.26. The zero-order valence-electron chi connectivity index (χ0n) is 9.52. The third-order valence-corrected chi connectivity index (χ3v) is 3.35. The van der Waals surface area contributed by atoms with Crippen molar-refractivity contribution >= 4 is 0 Å². The number of nitrogens with zero attached hydrogens (tertiary/aromatic N) is 2. The van der Waals surface area contributed by atoms with Gasteiger partial charge in [-0.2, -0.15) is 0 Å². The molecular weight excluding hydrogens is 186 g/mol. The van der Waals surface area contributed by atoms with Crippen LogP contribution in [0.2, 0.25) is 0 Å². The predicted octanol–water partition coefficient (Wildman–Crippen LogP) is 2.28. The molecule has 1 aliphatic rings. The molecule has 0 saturated heterocycles. The normalized spacial score (nSPS) is 26.8. The maximum atomic E-state index is 5.92. The van der Waals surface area contributed by atoms with E-state index < -0.39 is 0 Å². The molecule has 2 N–H and O–H groups in total. The van der Waals surface area contributed by atoms with Crippen molar-refractivity contribution in [2.75, 3.05) is 0 Å². The lowest BCUT2D eigenvalue weighted by atomic mass is 9.86. The molecule has 0 amide bonds. The van der Waals surface area contributed by atoms with Gasteiger partial charge in [0.25, 0.3) is 0 Å². The van der Waals surface area contributed by atoms with Crippen LogP contribution in [0.25, 0.3) is 0 Å². The van der Waals surface area contributed by atoms with Gasteiger partial charge < -0.3 is 10.3 Å². The summed E-state index contributed by atoms with van der Waals surface area (Å²) in [5, 5.41) is 0. The Hall–Kier alpha value is -0.830. The first kappa shape index (κ1) is 10.7. The van der Waals surface area contributed by atoms with Gasteiger partial charge in [0.2, 0.25) is 0 Å². The highest BCUT2D eigenvalue weighted by molar-refractivity contribution is 5.02.